The second-order valence-electron chi connectivity index (χ2n) is 5.08. The Labute approximate surface area is 142 Å². The van der Waals surface area contributed by atoms with Gasteiger partial charge in [0.25, 0.3) is 5.56 Å². The van der Waals surface area contributed by atoms with E-state index >= 15 is 0 Å². The summed E-state index contributed by atoms with van der Waals surface area (Å²) < 4.78 is 6.04. The molecule has 0 aliphatic heterocycles. The van der Waals surface area contributed by atoms with Crippen LogP contribution < -0.4 is 11.3 Å². The molecule has 0 bridgehead atoms. The van der Waals surface area contributed by atoms with Crippen molar-refractivity contribution in [2.24, 2.45) is 16.0 Å². The molecule has 9 nitrogen and oxygen atoms in total. The molecule has 0 atom stereocenters. The molecular formula is C16H17N5O4. The lowest BCUT2D eigenvalue weighted by molar-refractivity contribution is -0.133. The third kappa shape index (κ3) is 3.71. The van der Waals surface area contributed by atoms with Crippen LogP contribution in [0.4, 0.5) is 4.79 Å². The van der Waals surface area contributed by atoms with Gasteiger partial charge in [0, 0.05) is 5.69 Å². The van der Waals surface area contributed by atoms with E-state index in [9.17, 15) is 14.4 Å². The highest BCUT2D eigenvalue weighted by Gasteiger charge is 2.25. The van der Waals surface area contributed by atoms with E-state index in [2.05, 4.69) is 15.3 Å². The largest absolute Gasteiger partial charge is 0.465 e. The first-order valence-corrected chi connectivity index (χ1v) is 7.24. The number of benzene rings is 1. The lowest BCUT2D eigenvalue weighted by Gasteiger charge is -2.05. The van der Waals surface area contributed by atoms with Gasteiger partial charge in [-0.3, -0.25) is 9.89 Å². The Morgan fingerprint density at radius 2 is 1.84 bits per heavy atom. The standard InChI is InChI=1S/C16H17N5O4/c1-9(18-19-16(17)24)13(15(23)25-3)12-10(2)20-21(14(12)22)11-7-5-4-6-8-11/h4-8,20H,1-3H3,(H2,17,24)/b13-9-,19-18?. The fraction of sp³-hybridized carbons (Fsp3) is 0.188. The van der Waals surface area contributed by atoms with Gasteiger partial charge in [-0.25, -0.2) is 14.3 Å². The maximum Gasteiger partial charge on any atom is 0.356 e. The second-order valence-corrected chi connectivity index (χ2v) is 5.08. The van der Waals surface area contributed by atoms with E-state index < -0.39 is 17.6 Å². The highest BCUT2D eigenvalue weighted by Crippen LogP contribution is 2.22. The molecule has 0 saturated heterocycles. The number of urea groups is 1. The summed E-state index contributed by atoms with van der Waals surface area (Å²) in [5.41, 5.74) is 5.51. The van der Waals surface area contributed by atoms with Crippen LogP contribution in [0.5, 0.6) is 0 Å². The Bertz CT molecular complexity index is 922. The van der Waals surface area contributed by atoms with Crippen molar-refractivity contribution >= 4 is 17.6 Å². The number of azo groups is 1. The van der Waals surface area contributed by atoms with Gasteiger partial charge < -0.3 is 10.5 Å². The molecule has 2 amide bonds. The topological polar surface area (TPSA) is 132 Å². The van der Waals surface area contributed by atoms with Gasteiger partial charge in [-0.15, -0.1) is 5.11 Å². The first-order chi connectivity index (χ1) is 11.9. The third-order valence-corrected chi connectivity index (χ3v) is 3.39. The highest BCUT2D eigenvalue weighted by molar-refractivity contribution is 6.17. The molecule has 1 aromatic heterocycles. The zero-order valence-corrected chi connectivity index (χ0v) is 13.9. The van der Waals surface area contributed by atoms with E-state index in [0.717, 1.165) is 0 Å². The van der Waals surface area contributed by atoms with E-state index in [1.807, 2.05) is 6.07 Å². The number of hydrogen-bond donors (Lipinski definition) is 2. The highest BCUT2D eigenvalue weighted by atomic mass is 16.5. The number of ether oxygens (including phenoxy) is 1. The van der Waals surface area contributed by atoms with Crippen LogP contribution in [0.3, 0.4) is 0 Å². The van der Waals surface area contributed by atoms with Crippen molar-refractivity contribution < 1.29 is 14.3 Å². The molecule has 2 rings (SSSR count). The van der Waals surface area contributed by atoms with E-state index in [4.69, 9.17) is 10.5 Å². The Morgan fingerprint density at radius 1 is 1.20 bits per heavy atom. The van der Waals surface area contributed by atoms with Crippen molar-refractivity contribution in [3.63, 3.8) is 0 Å². The van der Waals surface area contributed by atoms with Crippen LogP contribution in [-0.2, 0) is 9.53 Å². The van der Waals surface area contributed by atoms with Crippen molar-refractivity contribution in [3.8, 4) is 5.69 Å². The van der Waals surface area contributed by atoms with Gasteiger partial charge in [-0.2, -0.15) is 0 Å². The smallest absolute Gasteiger partial charge is 0.356 e. The summed E-state index contributed by atoms with van der Waals surface area (Å²) in [4.78, 5) is 35.8. The minimum absolute atomic E-state index is 0.0325. The first kappa shape index (κ1) is 17.9. The number of aromatic amines is 1. The summed E-state index contributed by atoms with van der Waals surface area (Å²) in [5, 5.41) is 9.70. The van der Waals surface area contributed by atoms with Crippen LogP contribution in [-0.4, -0.2) is 28.9 Å². The van der Waals surface area contributed by atoms with Gasteiger partial charge >= 0.3 is 12.0 Å². The van der Waals surface area contributed by atoms with E-state index in [-0.39, 0.29) is 16.8 Å². The molecule has 25 heavy (non-hydrogen) atoms. The molecule has 1 heterocycles. The van der Waals surface area contributed by atoms with Crippen molar-refractivity contribution in [1.29, 1.82) is 0 Å². The number of rotatable bonds is 4. The molecule has 0 saturated carbocycles. The number of H-pyrrole nitrogens is 1. The summed E-state index contributed by atoms with van der Waals surface area (Å²) in [6, 6.07) is 7.84. The molecule has 130 valence electrons. The van der Waals surface area contributed by atoms with Gasteiger partial charge in [0.15, 0.2) is 0 Å². The number of methoxy groups -OCH3 is 1. The molecule has 0 unspecified atom stereocenters. The van der Waals surface area contributed by atoms with E-state index in [1.54, 1.807) is 31.2 Å². The number of allylic oxidation sites excluding steroid dienone is 1. The van der Waals surface area contributed by atoms with Crippen molar-refractivity contribution in [1.82, 2.24) is 9.78 Å². The van der Waals surface area contributed by atoms with Gasteiger partial charge in [-0.1, -0.05) is 23.3 Å². The predicted octanol–water partition coefficient (Wildman–Crippen LogP) is 1.91. The number of para-hydroxylation sites is 1. The van der Waals surface area contributed by atoms with Crippen LogP contribution >= 0.6 is 0 Å². The molecule has 3 N–H and O–H groups in total. The Hall–Kier alpha value is -3.49. The second kappa shape index (κ2) is 7.39. The molecule has 0 aliphatic carbocycles. The van der Waals surface area contributed by atoms with Crippen molar-refractivity contribution in [2.45, 2.75) is 13.8 Å². The third-order valence-electron chi connectivity index (χ3n) is 3.39. The number of esters is 1. The SMILES string of the molecule is COC(=O)/C(=C(/C)N=NC(N)=O)c1c(C)[nH]n(-c2ccccc2)c1=O. The lowest BCUT2D eigenvalue weighted by Crippen LogP contribution is -2.20. The lowest BCUT2D eigenvalue weighted by atomic mass is 10.1. The van der Waals surface area contributed by atoms with Crippen LogP contribution in [0.15, 0.2) is 51.1 Å². The van der Waals surface area contributed by atoms with Gasteiger partial charge in [0.2, 0.25) is 0 Å². The molecular weight excluding hydrogens is 326 g/mol. The maximum absolute atomic E-state index is 12.8. The molecule has 2 aromatic rings. The fourth-order valence-corrected chi connectivity index (χ4v) is 2.31. The molecule has 9 heteroatoms. The molecule has 0 aliphatic rings. The number of aryl methyl sites for hydroxylation is 1. The molecule has 0 spiro atoms. The Kier molecular flexibility index (Phi) is 5.28. The Balaban J connectivity index is 2.70. The minimum atomic E-state index is -1.02. The monoisotopic (exact) mass is 343 g/mol. The summed E-state index contributed by atoms with van der Waals surface area (Å²) in [6.45, 7) is 3.06. The summed E-state index contributed by atoms with van der Waals surface area (Å²) in [6.07, 6.45) is 0. The summed E-state index contributed by atoms with van der Waals surface area (Å²) >= 11 is 0. The number of amides is 2. The van der Waals surface area contributed by atoms with Gasteiger partial charge in [0.05, 0.1) is 29.6 Å². The molecule has 0 fully saturated rings. The number of aromatic nitrogens is 2. The molecule has 1 aromatic carbocycles. The predicted molar refractivity (Wildman–Crippen MR) is 90.2 cm³/mol. The Morgan fingerprint density at radius 3 is 2.40 bits per heavy atom. The van der Waals surface area contributed by atoms with E-state index in [1.165, 1.54) is 18.7 Å². The zero-order valence-electron chi connectivity index (χ0n) is 13.9. The summed E-state index contributed by atoms with van der Waals surface area (Å²) in [5.74, 6) is -0.777. The fourth-order valence-electron chi connectivity index (χ4n) is 2.31. The van der Waals surface area contributed by atoms with Crippen LogP contribution in [0.25, 0.3) is 11.3 Å². The number of primary amides is 1. The molecule has 0 radical (unpaired) electrons. The first-order valence-electron chi connectivity index (χ1n) is 7.24. The number of carbonyl (C=O) groups is 2. The van der Waals surface area contributed by atoms with Crippen molar-refractivity contribution in [3.05, 3.63) is 57.6 Å². The normalized spacial score (nSPS) is 12.1. The maximum atomic E-state index is 12.8. The van der Waals surface area contributed by atoms with Crippen LogP contribution in [0, 0.1) is 6.92 Å². The summed E-state index contributed by atoms with van der Waals surface area (Å²) in [7, 11) is 1.18. The number of nitrogens with two attached hydrogens (primary N) is 1. The average Bonchev–Trinajstić information content (AvgIpc) is 2.89. The quantitative estimate of drug-likeness (QED) is 0.498. The number of hydrogen-bond acceptors (Lipinski definition) is 5. The van der Waals surface area contributed by atoms with Crippen molar-refractivity contribution in [2.75, 3.05) is 7.11 Å². The zero-order chi connectivity index (χ0) is 18.6. The van der Waals surface area contributed by atoms with Gasteiger partial charge in [0.1, 0.15) is 0 Å². The average molecular weight is 343 g/mol. The number of carbonyl (C=O) groups excluding carboxylic acids is 2. The van der Waals surface area contributed by atoms with Crippen LogP contribution in [0.1, 0.15) is 18.2 Å². The van der Waals surface area contributed by atoms with Gasteiger partial charge in [-0.05, 0) is 26.0 Å². The number of nitrogens with one attached hydrogen (secondary N) is 1. The van der Waals surface area contributed by atoms with Crippen LogP contribution in [0.2, 0.25) is 0 Å². The van der Waals surface area contributed by atoms with E-state index in [0.29, 0.717) is 11.4 Å². The number of nitrogens with zero attached hydrogens (tertiary/aromatic N) is 3. The minimum Gasteiger partial charge on any atom is -0.465 e.